The highest BCUT2D eigenvalue weighted by Crippen LogP contribution is 2.58. The number of fused-ring (bicyclic) bond motifs is 2. The first-order valence-corrected chi connectivity index (χ1v) is 11.9. The molecule has 1 saturated carbocycles. The number of ether oxygens (including phenoxy) is 3. The van der Waals surface area contributed by atoms with Gasteiger partial charge in [-0.05, 0) is 52.2 Å². The third-order valence-corrected chi connectivity index (χ3v) is 7.03. The molecule has 7 rings (SSSR count). The van der Waals surface area contributed by atoms with Gasteiger partial charge in [-0.25, -0.2) is 9.97 Å². The number of nitrogens with one attached hydrogen (secondary N) is 1. The zero-order valence-corrected chi connectivity index (χ0v) is 19.7. The summed E-state index contributed by atoms with van der Waals surface area (Å²) in [6, 6.07) is 5.66. The first-order chi connectivity index (χ1) is 16.3. The summed E-state index contributed by atoms with van der Waals surface area (Å²) in [6.45, 7) is 8.03. The summed E-state index contributed by atoms with van der Waals surface area (Å²) in [5, 5.41) is 2.92. The van der Waals surface area contributed by atoms with Crippen LogP contribution in [0.25, 0.3) is 5.78 Å². The third-order valence-electron chi connectivity index (χ3n) is 7.03. The number of hydrogen-bond acceptors (Lipinski definition) is 7. The smallest absolute Gasteiger partial charge is 0.263 e. The van der Waals surface area contributed by atoms with Gasteiger partial charge in [0.1, 0.15) is 11.4 Å². The lowest BCUT2D eigenvalue weighted by molar-refractivity contribution is 0.0154. The van der Waals surface area contributed by atoms with Gasteiger partial charge in [-0.15, -0.1) is 0 Å². The quantitative estimate of drug-likeness (QED) is 0.597. The number of rotatable bonds is 6. The highest BCUT2D eigenvalue weighted by atomic mass is 16.5. The lowest BCUT2D eigenvalue weighted by Gasteiger charge is -2.41. The molecule has 9 nitrogen and oxygen atoms in total. The molecule has 4 aliphatic rings. The van der Waals surface area contributed by atoms with Crippen LogP contribution < -0.4 is 10.1 Å². The van der Waals surface area contributed by atoms with Crippen LogP contribution in [0.1, 0.15) is 67.7 Å². The number of nitrogens with zero attached hydrogens (tertiary/aromatic N) is 4. The van der Waals surface area contributed by atoms with Gasteiger partial charge < -0.3 is 19.5 Å². The fraction of sp³-hybridized carbons (Fsp3) is 0.520. The van der Waals surface area contributed by atoms with Gasteiger partial charge in [-0.2, -0.15) is 4.98 Å². The molecule has 1 amide bonds. The van der Waals surface area contributed by atoms with Gasteiger partial charge in [0.25, 0.3) is 5.91 Å². The molecular weight excluding hydrogens is 434 g/mol. The summed E-state index contributed by atoms with van der Waals surface area (Å²) in [7, 11) is 0. The molecule has 2 bridgehead atoms. The van der Waals surface area contributed by atoms with Crippen LogP contribution in [-0.4, -0.2) is 56.8 Å². The van der Waals surface area contributed by atoms with E-state index in [2.05, 4.69) is 22.2 Å². The summed E-state index contributed by atoms with van der Waals surface area (Å²) in [4.78, 5) is 27.4. The van der Waals surface area contributed by atoms with E-state index in [9.17, 15) is 4.79 Å². The van der Waals surface area contributed by atoms with E-state index in [0.29, 0.717) is 30.4 Å². The zero-order chi connectivity index (χ0) is 23.5. The number of imidazole rings is 1. The lowest BCUT2D eigenvalue weighted by Crippen LogP contribution is -2.45. The van der Waals surface area contributed by atoms with Crippen LogP contribution in [0.4, 0.5) is 5.82 Å². The molecule has 1 unspecified atom stereocenters. The SMILES string of the molecule is CC(C)Oc1nc2nc(C34COC(C)(C3)C4)cn2cc1C(=O)Nc1cccc(C2CCOC2)n1. The first-order valence-electron chi connectivity index (χ1n) is 11.9. The van der Waals surface area contributed by atoms with Crippen LogP contribution in [0.15, 0.2) is 30.6 Å². The molecule has 3 aliphatic heterocycles. The van der Waals surface area contributed by atoms with Crippen molar-refractivity contribution >= 4 is 17.5 Å². The Morgan fingerprint density at radius 3 is 2.79 bits per heavy atom. The molecule has 178 valence electrons. The van der Waals surface area contributed by atoms with E-state index < -0.39 is 0 Å². The van der Waals surface area contributed by atoms with Crippen molar-refractivity contribution in [1.29, 1.82) is 0 Å². The van der Waals surface area contributed by atoms with Crippen molar-refractivity contribution in [2.45, 2.75) is 63.1 Å². The monoisotopic (exact) mass is 463 g/mol. The predicted molar refractivity (Wildman–Crippen MR) is 124 cm³/mol. The molecule has 9 heteroatoms. The number of anilines is 1. The lowest BCUT2D eigenvalue weighted by atomic mass is 9.62. The van der Waals surface area contributed by atoms with Crippen molar-refractivity contribution in [3.8, 4) is 5.88 Å². The van der Waals surface area contributed by atoms with E-state index in [0.717, 1.165) is 37.3 Å². The first kappa shape index (κ1) is 21.5. The maximum absolute atomic E-state index is 13.3. The number of carbonyl (C=O) groups excluding carboxylic acids is 1. The molecule has 0 spiro atoms. The van der Waals surface area contributed by atoms with Crippen LogP contribution in [0.2, 0.25) is 0 Å². The number of pyridine rings is 1. The average molecular weight is 464 g/mol. The Hall–Kier alpha value is -3.04. The van der Waals surface area contributed by atoms with Crippen molar-refractivity contribution in [2.24, 2.45) is 0 Å². The van der Waals surface area contributed by atoms with E-state index in [1.54, 1.807) is 16.7 Å². The molecule has 4 fully saturated rings. The molecule has 0 aromatic carbocycles. The van der Waals surface area contributed by atoms with E-state index >= 15 is 0 Å². The van der Waals surface area contributed by atoms with Crippen LogP contribution in [0.5, 0.6) is 5.88 Å². The van der Waals surface area contributed by atoms with Gasteiger partial charge in [0.15, 0.2) is 0 Å². The molecule has 6 heterocycles. The summed E-state index contributed by atoms with van der Waals surface area (Å²) in [6.07, 6.45) is 6.41. The number of aromatic nitrogens is 4. The van der Waals surface area contributed by atoms with Crippen LogP contribution in [-0.2, 0) is 14.9 Å². The summed E-state index contributed by atoms with van der Waals surface area (Å²) >= 11 is 0. The van der Waals surface area contributed by atoms with Gasteiger partial charge in [-0.1, -0.05) is 6.07 Å². The van der Waals surface area contributed by atoms with Crippen molar-refractivity contribution in [3.63, 3.8) is 0 Å². The minimum Gasteiger partial charge on any atom is -0.474 e. The summed E-state index contributed by atoms with van der Waals surface area (Å²) in [5.74, 6) is 1.19. The second-order valence-corrected chi connectivity index (χ2v) is 10.3. The second kappa shape index (κ2) is 7.74. The Morgan fingerprint density at radius 2 is 2.09 bits per heavy atom. The zero-order valence-electron chi connectivity index (χ0n) is 19.7. The average Bonchev–Trinajstić information content (AvgIpc) is 3.55. The van der Waals surface area contributed by atoms with E-state index in [1.165, 1.54) is 0 Å². The maximum atomic E-state index is 13.3. The summed E-state index contributed by atoms with van der Waals surface area (Å²) < 4.78 is 19.1. The Labute approximate surface area is 197 Å². The van der Waals surface area contributed by atoms with Gasteiger partial charge in [0.05, 0.1) is 30.6 Å². The molecular formula is C25H29N5O4. The highest BCUT2D eigenvalue weighted by molar-refractivity contribution is 6.05. The van der Waals surface area contributed by atoms with Crippen molar-refractivity contribution in [2.75, 3.05) is 25.1 Å². The number of amides is 1. The largest absolute Gasteiger partial charge is 0.474 e. The van der Waals surface area contributed by atoms with E-state index in [-0.39, 0.29) is 34.8 Å². The molecule has 1 atom stereocenters. The topological polar surface area (TPSA) is 99.9 Å². The maximum Gasteiger partial charge on any atom is 0.263 e. The fourth-order valence-corrected chi connectivity index (χ4v) is 5.48. The second-order valence-electron chi connectivity index (χ2n) is 10.3. The van der Waals surface area contributed by atoms with E-state index in [4.69, 9.17) is 19.2 Å². The molecule has 3 aromatic rings. The molecule has 1 N–H and O–H groups in total. The third kappa shape index (κ3) is 3.63. The standard InChI is InChI=1S/C25H29N5O4/c1-15(2)34-22-17(21(31)28-20-6-4-5-18(26-20)16-7-8-32-11-16)9-30-10-19(27-23(30)29-22)25-12-24(3,13-25)33-14-25/h4-6,9-10,15-16H,7-8,11-14H2,1-3H3,(H,26,28,31). The van der Waals surface area contributed by atoms with Crippen molar-refractivity contribution in [3.05, 3.63) is 47.5 Å². The molecule has 34 heavy (non-hydrogen) atoms. The minimum atomic E-state index is -0.328. The fourth-order valence-electron chi connectivity index (χ4n) is 5.48. The van der Waals surface area contributed by atoms with Crippen LogP contribution in [0, 0.1) is 0 Å². The van der Waals surface area contributed by atoms with Gasteiger partial charge >= 0.3 is 0 Å². The highest BCUT2D eigenvalue weighted by Gasteiger charge is 2.61. The van der Waals surface area contributed by atoms with Crippen molar-refractivity contribution < 1.29 is 19.0 Å². The normalized spacial score (nSPS) is 27.8. The van der Waals surface area contributed by atoms with Gasteiger partial charge in [0, 0.05) is 36.0 Å². The number of carbonyl (C=O) groups is 1. The Kier molecular flexibility index (Phi) is 4.90. The molecule has 3 saturated heterocycles. The summed E-state index contributed by atoms with van der Waals surface area (Å²) in [5.41, 5.74) is 2.12. The van der Waals surface area contributed by atoms with Gasteiger partial charge in [-0.3, -0.25) is 9.20 Å². The van der Waals surface area contributed by atoms with Crippen LogP contribution in [0.3, 0.4) is 0 Å². The molecule has 0 radical (unpaired) electrons. The van der Waals surface area contributed by atoms with Crippen LogP contribution >= 0.6 is 0 Å². The minimum absolute atomic E-state index is 0.0354. The predicted octanol–water partition coefficient (Wildman–Crippen LogP) is 3.49. The molecule has 1 aliphatic carbocycles. The Balaban J connectivity index is 1.31. The van der Waals surface area contributed by atoms with Gasteiger partial charge in [0.2, 0.25) is 11.7 Å². The molecule has 3 aromatic heterocycles. The Bertz CT molecular complexity index is 1260. The Morgan fingerprint density at radius 1 is 1.24 bits per heavy atom. The van der Waals surface area contributed by atoms with Crippen molar-refractivity contribution in [1.82, 2.24) is 19.4 Å². The number of hydrogen-bond donors (Lipinski definition) is 1. The van der Waals surface area contributed by atoms with E-state index in [1.807, 2.05) is 32.2 Å².